The van der Waals surface area contributed by atoms with Crippen LogP contribution in [0.4, 0.5) is 5.69 Å². The van der Waals surface area contributed by atoms with Crippen molar-refractivity contribution in [2.24, 2.45) is 5.16 Å². The van der Waals surface area contributed by atoms with Gasteiger partial charge in [-0.15, -0.1) is 0 Å². The van der Waals surface area contributed by atoms with Crippen LogP contribution in [0.5, 0.6) is 0 Å². The molecule has 2 aromatic carbocycles. The molecule has 0 saturated carbocycles. The molecule has 0 spiro atoms. The maximum atomic E-state index is 12.0. The Balaban J connectivity index is 1.47. The molecule has 27 heavy (non-hydrogen) atoms. The van der Waals surface area contributed by atoms with Gasteiger partial charge in [0.1, 0.15) is 5.71 Å². The first kappa shape index (κ1) is 17.2. The van der Waals surface area contributed by atoms with E-state index < -0.39 is 5.97 Å². The maximum absolute atomic E-state index is 12.0. The van der Waals surface area contributed by atoms with Crippen LogP contribution in [0.25, 0.3) is 6.08 Å². The normalized spacial score (nSPS) is 18.8. The molecule has 1 fully saturated rings. The Kier molecular flexibility index (Phi) is 5.12. The fourth-order valence-electron chi connectivity index (χ4n) is 3.11. The lowest BCUT2D eigenvalue weighted by atomic mass is 10.0. The standard InChI is InChI=1S/C22H20N2O3/c25-22-20(21(23-27-22)18-6-2-1-3-7-18)8-4-5-17-9-11-19(12-10-17)24-13-15-26-16-14-24/h1-12H,13-16H2/b5-4?,20-8-. The molecule has 5 heteroatoms. The highest BCUT2D eigenvalue weighted by molar-refractivity contribution is 6.29. The zero-order chi connectivity index (χ0) is 18.5. The van der Waals surface area contributed by atoms with Gasteiger partial charge in [0, 0.05) is 24.3 Å². The van der Waals surface area contributed by atoms with Crippen LogP contribution in [-0.4, -0.2) is 38.0 Å². The average molecular weight is 360 g/mol. The number of ether oxygens (including phenoxy) is 1. The molecule has 2 aliphatic rings. The molecule has 4 rings (SSSR count). The average Bonchev–Trinajstić information content (AvgIpc) is 3.10. The summed E-state index contributed by atoms with van der Waals surface area (Å²) < 4.78 is 5.39. The fourth-order valence-corrected chi connectivity index (χ4v) is 3.11. The Bertz CT molecular complexity index is 893. The molecule has 0 aliphatic carbocycles. The molecule has 0 aromatic heterocycles. The Morgan fingerprint density at radius 1 is 0.963 bits per heavy atom. The number of carbonyl (C=O) groups is 1. The summed E-state index contributed by atoms with van der Waals surface area (Å²) in [4.78, 5) is 19.1. The highest BCUT2D eigenvalue weighted by Crippen LogP contribution is 2.19. The van der Waals surface area contributed by atoms with Crippen molar-refractivity contribution in [2.75, 3.05) is 31.2 Å². The Hall–Kier alpha value is -3.18. The molecule has 0 bridgehead atoms. The van der Waals surface area contributed by atoms with Crippen molar-refractivity contribution in [1.29, 1.82) is 0 Å². The van der Waals surface area contributed by atoms with Gasteiger partial charge >= 0.3 is 5.97 Å². The van der Waals surface area contributed by atoms with Gasteiger partial charge in [-0.2, -0.15) is 0 Å². The molecule has 5 nitrogen and oxygen atoms in total. The number of hydrogen-bond donors (Lipinski definition) is 0. The highest BCUT2D eigenvalue weighted by Gasteiger charge is 2.25. The molecule has 2 heterocycles. The number of anilines is 1. The van der Waals surface area contributed by atoms with Crippen molar-refractivity contribution in [2.45, 2.75) is 0 Å². The third-order valence-corrected chi connectivity index (χ3v) is 4.56. The Morgan fingerprint density at radius 3 is 2.44 bits per heavy atom. The van der Waals surface area contributed by atoms with Gasteiger partial charge in [-0.25, -0.2) is 4.79 Å². The first-order valence-corrected chi connectivity index (χ1v) is 8.97. The molecular formula is C22H20N2O3. The second-order valence-corrected chi connectivity index (χ2v) is 6.32. The topological polar surface area (TPSA) is 51.1 Å². The lowest BCUT2D eigenvalue weighted by Gasteiger charge is -2.28. The molecule has 0 radical (unpaired) electrons. The van der Waals surface area contributed by atoms with Crippen molar-refractivity contribution in [3.8, 4) is 0 Å². The van der Waals surface area contributed by atoms with Gasteiger partial charge < -0.3 is 14.5 Å². The summed E-state index contributed by atoms with van der Waals surface area (Å²) >= 11 is 0. The summed E-state index contributed by atoms with van der Waals surface area (Å²) in [6, 6.07) is 17.9. The number of allylic oxidation sites excluding steroid dienone is 2. The van der Waals surface area contributed by atoms with Gasteiger partial charge in [0.2, 0.25) is 0 Å². The molecular weight excluding hydrogens is 340 g/mol. The minimum absolute atomic E-state index is 0.429. The lowest BCUT2D eigenvalue weighted by molar-refractivity contribution is -0.136. The summed E-state index contributed by atoms with van der Waals surface area (Å²) in [6.45, 7) is 3.39. The van der Waals surface area contributed by atoms with Crippen molar-refractivity contribution in [3.05, 3.63) is 83.4 Å². The number of carbonyl (C=O) groups excluding carboxylic acids is 1. The monoisotopic (exact) mass is 360 g/mol. The van der Waals surface area contributed by atoms with Crippen LogP contribution in [0, 0.1) is 0 Å². The van der Waals surface area contributed by atoms with Gasteiger partial charge in [0.05, 0.1) is 18.8 Å². The van der Waals surface area contributed by atoms with E-state index in [9.17, 15) is 4.79 Å². The Morgan fingerprint density at radius 2 is 1.70 bits per heavy atom. The molecule has 2 aromatic rings. The second-order valence-electron chi connectivity index (χ2n) is 6.32. The largest absolute Gasteiger partial charge is 0.378 e. The van der Waals surface area contributed by atoms with Crippen molar-refractivity contribution >= 4 is 23.4 Å². The SMILES string of the molecule is O=C1ON=C(c2ccccc2)/C1=C/C=Cc1ccc(N2CCOCC2)cc1. The summed E-state index contributed by atoms with van der Waals surface area (Å²) in [6.07, 6.45) is 5.56. The molecule has 0 unspecified atom stereocenters. The molecule has 1 saturated heterocycles. The van der Waals surface area contributed by atoms with Crippen molar-refractivity contribution in [1.82, 2.24) is 0 Å². The molecule has 136 valence electrons. The molecule has 0 amide bonds. The number of benzene rings is 2. The molecule has 0 atom stereocenters. The van der Waals surface area contributed by atoms with Gasteiger partial charge in [0.25, 0.3) is 0 Å². The summed E-state index contributed by atoms with van der Waals surface area (Å²) in [5, 5.41) is 3.91. The van der Waals surface area contributed by atoms with Crippen LogP contribution in [0.3, 0.4) is 0 Å². The van der Waals surface area contributed by atoms with E-state index in [1.54, 1.807) is 6.08 Å². The van der Waals surface area contributed by atoms with E-state index in [0.29, 0.717) is 11.3 Å². The van der Waals surface area contributed by atoms with Crippen molar-refractivity contribution in [3.63, 3.8) is 0 Å². The number of morpholine rings is 1. The molecule has 2 aliphatic heterocycles. The summed E-state index contributed by atoms with van der Waals surface area (Å²) in [5.41, 5.74) is 4.15. The zero-order valence-electron chi connectivity index (χ0n) is 14.9. The third-order valence-electron chi connectivity index (χ3n) is 4.56. The first-order valence-electron chi connectivity index (χ1n) is 8.97. The van der Waals surface area contributed by atoms with Gasteiger partial charge in [-0.05, 0) is 23.8 Å². The number of hydrogen-bond acceptors (Lipinski definition) is 5. The number of nitrogens with zero attached hydrogens (tertiary/aromatic N) is 2. The quantitative estimate of drug-likeness (QED) is 0.619. The smallest absolute Gasteiger partial charge is 0.368 e. The van der Waals surface area contributed by atoms with Gasteiger partial charge in [-0.1, -0.05) is 59.8 Å². The lowest BCUT2D eigenvalue weighted by Crippen LogP contribution is -2.36. The van der Waals surface area contributed by atoms with E-state index in [4.69, 9.17) is 9.57 Å². The summed E-state index contributed by atoms with van der Waals surface area (Å²) in [7, 11) is 0. The third kappa shape index (κ3) is 3.99. The van der Waals surface area contributed by atoms with E-state index in [2.05, 4.69) is 34.3 Å². The predicted molar refractivity (Wildman–Crippen MR) is 106 cm³/mol. The first-order chi connectivity index (χ1) is 13.3. The van der Waals surface area contributed by atoms with E-state index in [1.165, 1.54) is 5.69 Å². The van der Waals surface area contributed by atoms with Crippen LogP contribution in [0.15, 0.2) is 77.5 Å². The van der Waals surface area contributed by atoms with Crippen LogP contribution in [0.1, 0.15) is 11.1 Å². The van der Waals surface area contributed by atoms with E-state index in [1.807, 2.05) is 42.5 Å². The number of rotatable bonds is 4. The summed E-state index contributed by atoms with van der Waals surface area (Å²) in [5.74, 6) is -0.429. The highest BCUT2D eigenvalue weighted by atomic mass is 16.7. The Labute approximate surface area is 158 Å². The maximum Gasteiger partial charge on any atom is 0.368 e. The second kappa shape index (κ2) is 8.01. The van der Waals surface area contributed by atoms with E-state index >= 15 is 0 Å². The minimum Gasteiger partial charge on any atom is -0.378 e. The molecule has 0 N–H and O–H groups in total. The van der Waals surface area contributed by atoms with E-state index in [-0.39, 0.29) is 0 Å². The fraction of sp³-hybridized carbons (Fsp3) is 0.182. The predicted octanol–water partition coefficient (Wildman–Crippen LogP) is 3.42. The van der Waals surface area contributed by atoms with Crippen molar-refractivity contribution < 1.29 is 14.4 Å². The van der Waals surface area contributed by atoms with Crippen LogP contribution in [-0.2, 0) is 14.4 Å². The minimum atomic E-state index is -0.429. The van der Waals surface area contributed by atoms with Crippen LogP contribution in [0.2, 0.25) is 0 Å². The number of oxime groups is 1. The van der Waals surface area contributed by atoms with E-state index in [0.717, 1.165) is 37.4 Å². The van der Waals surface area contributed by atoms with Crippen LogP contribution < -0.4 is 4.90 Å². The zero-order valence-corrected chi connectivity index (χ0v) is 14.9. The van der Waals surface area contributed by atoms with Crippen LogP contribution >= 0.6 is 0 Å². The van der Waals surface area contributed by atoms with Gasteiger partial charge in [-0.3, -0.25) is 0 Å². The van der Waals surface area contributed by atoms with Gasteiger partial charge in [0.15, 0.2) is 0 Å².